The topological polar surface area (TPSA) is 47.6 Å². The van der Waals surface area contributed by atoms with Crippen molar-refractivity contribution in [3.8, 4) is 0 Å². The van der Waals surface area contributed by atoms with Crippen LogP contribution in [-0.2, 0) is 20.8 Å². The van der Waals surface area contributed by atoms with Gasteiger partial charge in [0.15, 0.2) is 0 Å². The number of hydrogen-bond donors (Lipinski definition) is 1. The summed E-state index contributed by atoms with van der Waals surface area (Å²) in [4.78, 5) is 11.7. The molecule has 0 radical (unpaired) electrons. The Morgan fingerprint density at radius 3 is 2.95 bits per heavy atom. The fraction of sp³-hybridized carbons (Fsp3) is 0.533. The molecule has 2 rings (SSSR count). The second-order valence-corrected chi connectivity index (χ2v) is 4.97. The Morgan fingerprint density at radius 1 is 1.45 bits per heavy atom. The van der Waals surface area contributed by atoms with Gasteiger partial charge in [0, 0.05) is 19.8 Å². The van der Waals surface area contributed by atoms with E-state index >= 15 is 0 Å². The number of carbonyl (C=O) groups excluding carboxylic acids is 1. The van der Waals surface area contributed by atoms with Crippen molar-refractivity contribution >= 4 is 5.91 Å². The van der Waals surface area contributed by atoms with Crippen molar-refractivity contribution in [1.29, 1.82) is 0 Å². The largest absolute Gasteiger partial charge is 0.381 e. The molecule has 110 valence electrons. The van der Waals surface area contributed by atoms with Gasteiger partial charge in [-0.3, -0.25) is 4.79 Å². The Kier molecular flexibility index (Phi) is 5.49. The van der Waals surface area contributed by atoms with Gasteiger partial charge in [0.2, 0.25) is 5.91 Å². The van der Waals surface area contributed by atoms with Crippen LogP contribution >= 0.6 is 0 Å². The van der Waals surface area contributed by atoms with E-state index in [1.165, 1.54) is 12.1 Å². The maximum absolute atomic E-state index is 13.1. The molecular formula is C15H20FNO3. The number of nitrogens with one attached hydrogen (secondary N) is 1. The first-order chi connectivity index (χ1) is 9.65. The zero-order chi connectivity index (χ0) is 14.4. The van der Waals surface area contributed by atoms with E-state index in [1.807, 2.05) is 6.92 Å². The third-order valence-electron chi connectivity index (χ3n) is 3.41. The molecule has 0 aliphatic carbocycles. The van der Waals surface area contributed by atoms with Crippen molar-refractivity contribution in [3.05, 3.63) is 35.1 Å². The Hall–Kier alpha value is -1.46. The molecular weight excluding hydrogens is 261 g/mol. The van der Waals surface area contributed by atoms with Crippen LogP contribution in [0.15, 0.2) is 18.2 Å². The highest BCUT2D eigenvalue weighted by Crippen LogP contribution is 2.11. The third-order valence-corrected chi connectivity index (χ3v) is 3.41. The monoisotopic (exact) mass is 281 g/mol. The summed E-state index contributed by atoms with van der Waals surface area (Å²) < 4.78 is 23.9. The second kappa shape index (κ2) is 7.36. The van der Waals surface area contributed by atoms with Crippen LogP contribution in [0, 0.1) is 12.7 Å². The highest BCUT2D eigenvalue weighted by Gasteiger charge is 2.15. The standard InChI is InChI=1S/C15H20FNO3/c1-11-2-3-13(16)8-12(11)9-17-15(18)10-20-14-4-6-19-7-5-14/h2-3,8,14H,4-7,9-10H2,1H3,(H,17,18). The summed E-state index contributed by atoms with van der Waals surface area (Å²) in [5, 5.41) is 2.74. The van der Waals surface area contributed by atoms with Gasteiger partial charge in [-0.1, -0.05) is 6.07 Å². The Balaban J connectivity index is 1.73. The molecule has 20 heavy (non-hydrogen) atoms. The molecule has 0 bridgehead atoms. The first-order valence-electron chi connectivity index (χ1n) is 6.86. The van der Waals surface area contributed by atoms with Crippen LogP contribution in [0.2, 0.25) is 0 Å². The van der Waals surface area contributed by atoms with E-state index in [0.29, 0.717) is 19.8 Å². The number of amides is 1. The van der Waals surface area contributed by atoms with Crippen LogP contribution in [0.5, 0.6) is 0 Å². The fourth-order valence-electron chi connectivity index (χ4n) is 2.11. The van der Waals surface area contributed by atoms with Crippen LogP contribution in [0.4, 0.5) is 4.39 Å². The lowest BCUT2D eigenvalue weighted by molar-refractivity contribution is -0.130. The summed E-state index contributed by atoms with van der Waals surface area (Å²) in [7, 11) is 0. The maximum atomic E-state index is 13.1. The van der Waals surface area contributed by atoms with Gasteiger partial charge in [-0.05, 0) is 43.0 Å². The number of benzene rings is 1. The zero-order valence-electron chi connectivity index (χ0n) is 11.7. The molecule has 1 aliphatic rings. The van der Waals surface area contributed by atoms with Crippen LogP contribution < -0.4 is 5.32 Å². The average Bonchev–Trinajstić information content (AvgIpc) is 2.47. The normalized spacial score (nSPS) is 16.1. The Bertz CT molecular complexity index is 458. The molecule has 1 heterocycles. The third kappa shape index (κ3) is 4.58. The zero-order valence-corrected chi connectivity index (χ0v) is 11.7. The summed E-state index contributed by atoms with van der Waals surface area (Å²) in [5.41, 5.74) is 1.74. The van der Waals surface area contributed by atoms with Crippen LogP contribution in [0.1, 0.15) is 24.0 Å². The second-order valence-electron chi connectivity index (χ2n) is 4.97. The highest BCUT2D eigenvalue weighted by molar-refractivity contribution is 5.77. The lowest BCUT2D eigenvalue weighted by Gasteiger charge is -2.22. The van der Waals surface area contributed by atoms with Gasteiger partial charge in [0.25, 0.3) is 0 Å². The van der Waals surface area contributed by atoms with Crippen molar-refractivity contribution in [3.63, 3.8) is 0 Å². The van der Waals surface area contributed by atoms with Crippen molar-refractivity contribution in [1.82, 2.24) is 5.32 Å². The molecule has 0 aromatic heterocycles. The first-order valence-corrected chi connectivity index (χ1v) is 6.86. The summed E-state index contributed by atoms with van der Waals surface area (Å²) >= 11 is 0. The van der Waals surface area contributed by atoms with E-state index < -0.39 is 0 Å². The minimum absolute atomic E-state index is 0.0407. The fourth-order valence-corrected chi connectivity index (χ4v) is 2.11. The van der Waals surface area contributed by atoms with E-state index in [2.05, 4.69) is 5.32 Å². The minimum Gasteiger partial charge on any atom is -0.381 e. The van der Waals surface area contributed by atoms with Gasteiger partial charge in [-0.25, -0.2) is 4.39 Å². The number of hydrogen-bond acceptors (Lipinski definition) is 3. The smallest absolute Gasteiger partial charge is 0.246 e. The number of rotatable bonds is 5. The maximum Gasteiger partial charge on any atom is 0.246 e. The summed E-state index contributed by atoms with van der Waals surface area (Å²) in [6, 6.07) is 4.55. The van der Waals surface area contributed by atoms with E-state index in [0.717, 1.165) is 24.0 Å². The lowest BCUT2D eigenvalue weighted by Crippen LogP contribution is -2.31. The van der Waals surface area contributed by atoms with Crippen LogP contribution in [-0.4, -0.2) is 31.8 Å². The molecule has 1 aromatic carbocycles. The summed E-state index contributed by atoms with van der Waals surface area (Å²) in [6.07, 6.45) is 1.76. The number of carbonyl (C=O) groups is 1. The van der Waals surface area contributed by atoms with Crippen molar-refractivity contribution < 1.29 is 18.7 Å². The quantitative estimate of drug-likeness (QED) is 0.897. The van der Waals surface area contributed by atoms with Gasteiger partial charge < -0.3 is 14.8 Å². The predicted molar refractivity (Wildman–Crippen MR) is 72.8 cm³/mol. The number of halogens is 1. The molecule has 1 amide bonds. The molecule has 1 aliphatic heterocycles. The Morgan fingerprint density at radius 2 is 2.20 bits per heavy atom. The molecule has 1 aromatic rings. The Labute approximate surface area is 118 Å². The van der Waals surface area contributed by atoms with Crippen LogP contribution in [0.25, 0.3) is 0 Å². The number of aryl methyl sites for hydroxylation is 1. The molecule has 1 saturated heterocycles. The average molecular weight is 281 g/mol. The van der Waals surface area contributed by atoms with Gasteiger partial charge in [-0.15, -0.1) is 0 Å². The lowest BCUT2D eigenvalue weighted by atomic mass is 10.1. The van der Waals surface area contributed by atoms with Gasteiger partial charge in [-0.2, -0.15) is 0 Å². The van der Waals surface area contributed by atoms with E-state index in [4.69, 9.17) is 9.47 Å². The SMILES string of the molecule is Cc1ccc(F)cc1CNC(=O)COC1CCOCC1. The van der Waals surface area contributed by atoms with Crippen molar-refractivity contribution in [2.24, 2.45) is 0 Å². The molecule has 4 nitrogen and oxygen atoms in total. The number of ether oxygens (including phenoxy) is 2. The molecule has 1 N–H and O–H groups in total. The molecule has 0 unspecified atom stereocenters. The van der Waals surface area contributed by atoms with Gasteiger partial charge in [0.05, 0.1) is 6.10 Å². The van der Waals surface area contributed by atoms with E-state index in [1.54, 1.807) is 6.07 Å². The van der Waals surface area contributed by atoms with E-state index in [9.17, 15) is 9.18 Å². The van der Waals surface area contributed by atoms with Crippen molar-refractivity contribution in [2.75, 3.05) is 19.8 Å². The summed E-state index contributed by atoms with van der Waals surface area (Å²) in [6.45, 7) is 3.63. The van der Waals surface area contributed by atoms with Gasteiger partial charge >= 0.3 is 0 Å². The molecule has 0 saturated carbocycles. The van der Waals surface area contributed by atoms with Gasteiger partial charge in [0.1, 0.15) is 12.4 Å². The van der Waals surface area contributed by atoms with E-state index in [-0.39, 0.29) is 24.4 Å². The molecule has 1 fully saturated rings. The van der Waals surface area contributed by atoms with Crippen molar-refractivity contribution in [2.45, 2.75) is 32.4 Å². The predicted octanol–water partition coefficient (Wildman–Crippen LogP) is 1.95. The highest BCUT2D eigenvalue weighted by atomic mass is 19.1. The summed E-state index contributed by atoms with van der Waals surface area (Å²) in [5.74, 6) is -0.474. The minimum atomic E-state index is -0.293. The van der Waals surface area contributed by atoms with Crippen LogP contribution in [0.3, 0.4) is 0 Å². The molecule has 5 heteroatoms. The molecule has 0 spiro atoms. The molecule has 0 atom stereocenters. The first kappa shape index (κ1) is 14.9.